The topological polar surface area (TPSA) is 89.1 Å². The fourth-order valence-corrected chi connectivity index (χ4v) is 2.93. The molecule has 0 aliphatic carbocycles. The van der Waals surface area contributed by atoms with E-state index in [-0.39, 0.29) is 35.8 Å². The van der Waals surface area contributed by atoms with Crippen molar-refractivity contribution in [2.75, 3.05) is 48.3 Å². The van der Waals surface area contributed by atoms with Crippen molar-refractivity contribution in [1.29, 1.82) is 0 Å². The third-order valence-corrected chi connectivity index (χ3v) is 4.78. The van der Waals surface area contributed by atoms with Crippen molar-refractivity contribution in [2.45, 2.75) is 13.1 Å². The quantitative estimate of drug-likeness (QED) is 0.246. The van der Waals surface area contributed by atoms with Crippen LogP contribution in [0.4, 0.5) is 0 Å². The molecule has 0 saturated heterocycles. The molecule has 33 heavy (non-hydrogen) atoms. The van der Waals surface area contributed by atoms with Crippen LogP contribution in [0.5, 0.6) is 0 Å². The van der Waals surface area contributed by atoms with E-state index in [0.717, 1.165) is 17.7 Å². The van der Waals surface area contributed by atoms with E-state index in [1.807, 2.05) is 67.5 Å². The molecule has 0 saturated carbocycles. The average molecular weight is 566 g/mol. The Morgan fingerprint density at radius 2 is 1.48 bits per heavy atom. The van der Waals surface area contributed by atoms with E-state index < -0.39 is 0 Å². The van der Waals surface area contributed by atoms with Crippen LogP contribution in [0.2, 0.25) is 0 Å². The van der Waals surface area contributed by atoms with Crippen molar-refractivity contribution < 1.29 is 9.59 Å². The van der Waals surface area contributed by atoms with Crippen molar-refractivity contribution in [1.82, 2.24) is 25.8 Å². The molecule has 2 rings (SSSR count). The zero-order valence-electron chi connectivity index (χ0n) is 20.0. The van der Waals surface area contributed by atoms with E-state index >= 15 is 0 Å². The van der Waals surface area contributed by atoms with Crippen LogP contribution in [0.25, 0.3) is 0 Å². The van der Waals surface area contributed by atoms with Gasteiger partial charge in [0.15, 0.2) is 5.96 Å². The first kappa shape index (κ1) is 28.4. The summed E-state index contributed by atoms with van der Waals surface area (Å²) in [5.41, 5.74) is 3.32. The van der Waals surface area contributed by atoms with Crippen LogP contribution in [-0.2, 0) is 13.1 Å². The number of benzene rings is 2. The summed E-state index contributed by atoms with van der Waals surface area (Å²) < 4.78 is 0. The number of hydrogen-bond donors (Lipinski definition) is 3. The summed E-state index contributed by atoms with van der Waals surface area (Å²) in [5.74, 6) is 0.558. The van der Waals surface area contributed by atoms with Crippen LogP contribution in [0, 0.1) is 0 Å². The zero-order chi connectivity index (χ0) is 23.5. The summed E-state index contributed by atoms with van der Waals surface area (Å²) in [6, 6.07) is 15.0. The van der Waals surface area contributed by atoms with Crippen molar-refractivity contribution in [3.63, 3.8) is 0 Å². The van der Waals surface area contributed by atoms with E-state index in [0.29, 0.717) is 36.7 Å². The van der Waals surface area contributed by atoms with E-state index in [2.05, 4.69) is 20.9 Å². The Balaban J connectivity index is 0.00000544. The zero-order valence-corrected chi connectivity index (χ0v) is 22.3. The average Bonchev–Trinajstić information content (AvgIpc) is 2.79. The van der Waals surface area contributed by atoms with Gasteiger partial charge in [0.1, 0.15) is 0 Å². The van der Waals surface area contributed by atoms with Gasteiger partial charge in [-0.2, -0.15) is 0 Å². The molecule has 3 N–H and O–H groups in total. The lowest BCUT2D eigenvalue weighted by Gasteiger charge is -2.14. The number of likely N-dealkylation sites (N-methyl/N-ethyl adjacent to an activating group) is 1. The Labute approximate surface area is 213 Å². The lowest BCUT2D eigenvalue weighted by Crippen LogP contribution is -2.36. The molecular formula is C24H35IN6O2. The van der Waals surface area contributed by atoms with Gasteiger partial charge < -0.3 is 25.8 Å². The molecule has 8 nitrogen and oxygen atoms in total. The number of nitrogens with one attached hydrogen (secondary N) is 3. The molecule has 180 valence electrons. The fraction of sp³-hybridized carbons (Fsp3) is 0.375. The number of amides is 2. The second-order valence-electron chi connectivity index (χ2n) is 7.94. The molecule has 0 unspecified atom stereocenters. The molecule has 9 heteroatoms. The number of halogens is 1. The Kier molecular flexibility index (Phi) is 12.5. The standard InChI is InChI=1S/C24H34N6O2.HI/c1-25-24(27-16-18-9-11-20(12-10-18)23(32)30(4)5)28-17-19-7-6-8-21(15-19)22(31)26-13-14-29(2)3;/h6-12,15H,13-14,16-17H2,1-5H3,(H,26,31)(H2,25,27,28);1H. The highest BCUT2D eigenvalue weighted by atomic mass is 127. The molecular weight excluding hydrogens is 531 g/mol. The Bertz CT molecular complexity index is 929. The molecule has 0 heterocycles. The minimum Gasteiger partial charge on any atom is -0.352 e. The van der Waals surface area contributed by atoms with Crippen LogP contribution in [0.1, 0.15) is 31.8 Å². The first-order valence-electron chi connectivity index (χ1n) is 10.6. The SMILES string of the molecule is CN=C(NCc1ccc(C(=O)N(C)C)cc1)NCc1cccc(C(=O)NCCN(C)C)c1.I. The van der Waals surface area contributed by atoms with Gasteiger partial charge in [0, 0.05) is 58.4 Å². The van der Waals surface area contributed by atoms with Gasteiger partial charge >= 0.3 is 0 Å². The second-order valence-corrected chi connectivity index (χ2v) is 7.94. The van der Waals surface area contributed by atoms with E-state index in [9.17, 15) is 9.59 Å². The number of guanidine groups is 1. The summed E-state index contributed by atoms with van der Waals surface area (Å²) in [6.07, 6.45) is 0. The van der Waals surface area contributed by atoms with Crippen molar-refractivity contribution in [2.24, 2.45) is 4.99 Å². The molecule has 0 aliphatic rings. The van der Waals surface area contributed by atoms with Gasteiger partial charge in [0.05, 0.1) is 0 Å². The number of carbonyl (C=O) groups is 2. The fourth-order valence-electron chi connectivity index (χ4n) is 2.93. The molecule has 0 fully saturated rings. The van der Waals surface area contributed by atoms with E-state index in [4.69, 9.17) is 0 Å². The minimum absolute atomic E-state index is 0. The third-order valence-electron chi connectivity index (χ3n) is 4.78. The smallest absolute Gasteiger partial charge is 0.253 e. The Morgan fingerprint density at radius 1 is 0.848 bits per heavy atom. The van der Waals surface area contributed by atoms with Crippen LogP contribution in [0.3, 0.4) is 0 Å². The highest BCUT2D eigenvalue weighted by Gasteiger charge is 2.08. The first-order valence-corrected chi connectivity index (χ1v) is 10.6. The van der Waals surface area contributed by atoms with Crippen LogP contribution < -0.4 is 16.0 Å². The summed E-state index contributed by atoms with van der Waals surface area (Å²) in [7, 11) is 9.13. The number of aliphatic imine (C=N–C) groups is 1. The molecule has 2 aromatic rings. The van der Waals surface area contributed by atoms with Crippen molar-refractivity contribution >= 4 is 41.8 Å². The normalized spacial score (nSPS) is 10.9. The molecule has 2 aromatic carbocycles. The Hall–Kier alpha value is -2.66. The first-order chi connectivity index (χ1) is 15.3. The van der Waals surface area contributed by atoms with Crippen LogP contribution in [-0.4, -0.2) is 75.9 Å². The number of nitrogens with zero attached hydrogens (tertiary/aromatic N) is 3. The van der Waals surface area contributed by atoms with Gasteiger partial charge in [-0.05, 0) is 49.5 Å². The van der Waals surface area contributed by atoms with Gasteiger partial charge in [-0.3, -0.25) is 14.6 Å². The highest BCUT2D eigenvalue weighted by Crippen LogP contribution is 2.07. The lowest BCUT2D eigenvalue weighted by atomic mass is 10.1. The summed E-state index contributed by atoms with van der Waals surface area (Å²) in [4.78, 5) is 32.1. The Morgan fingerprint density at radius 3 is 2.06 bits per heavy atom. The second kappa shape index (κ2) is 14.5. The molecule has 0 bridgehead atoms. The molecule has 0 aliphatic heterocycles. The van der Waals surface area contributed by atoms with Gasteiger partial charge in [0.2, 0.25) is 0 Å². The number of hydrogen-bond acceptors (Lipinski definition) is 4. The molecule has 0 atom stereocenters. The van der Waals surface area contributed by atoms with E-state index in [1.54, 1.807) is 26.0 Å². The summed E-state index contributed by atoms with van der Waals surface area (Å²) in [6.45, 7) is 2.51. The van der Waals surface area contributed by atoms with Gasteiger partial charge in [-0.25, -0.2) is 0 Å². The van der Waals surface area contributed by atoms with Crippen LogP contribution in [0.15, 0.2) is 53.5 Å². The maximum absolute atomic E-state index is 12.3. The number of rotatable bonds is 9. The third kappa shape index (κ3) is 9.79. The van der Waals surface area contributed by atoms with Gasteiger partial charge in [-0.1, -0.05) is 24.3 Å². The summed E-state index contributed by atoms with van der Waals surface area (Å²) >= 11 is 0. The lowest BCUT2D eigenvalue weighted by molar-refractivity contribution is 0.0827. The predicted octanol–water partition coefficient (Wildman–Crippen LogP) is 2.16. The molecule has 2 amide bonds. The summed E-state index contributed by atoms with van der Waals surface area (Å²) in [5, 5.41) is 9.46. The highest BCUT2D eigenvalue weighted by molar-refractivity contribution is 14.0. The van der Waals surface area contributed by atoms with E-state index in [1.165, 1.54) is 0 Å². The minimum atomic E-state index is -0.0765. The maximum Gasteiger partial charge on any atom is 0.253 e. The van der Waals surface area contributed by atoms with Gasteiger partial charge in [0.25, 0.3) is 11.8 Å². The van der Waals surface area contributed by atoms with Crippen molar-refractivity contribution in [3.05, 3.63) is 70.8 Å². The molecule has 0 aromatic heterocycles. The van der Waals surface area contributed by atoms with Gasteiger partial charge in [-0.15, -0.1) is 24.0 Å². The predicted molar refractivity (Wildman–Crippen MR) is 144 cm³/mol. The molecule has 0 radical (unpaired) electrons. The van der Waals surface area contributed by atoms with Crippen molar-refractivity contribution in [3.8, 4) is 0 Å². The largest absolute Gasteiger partial charge is 0.352 e. The maximum atomic E-state index is 12.3. The molecule has 0 spiro atoms. The number of carbonyl (C=O) groups excluding carboxylic acids is 2. The monoisotopic (exact) mass is 566 g/mol. The van der Waals surface area contributed by atoms with Crippen LogP contribution >= 0.6 is 24.0 Å².